The number of rotatable bonds is 7. The normalized spacial score (nSPS) is 15.6. The fourth-order valence-corrected chi connectivity index (χ4v) is 4.40. The first kappa shape index (κ1) is 22.6. The number of hydrogen-bond acceptors (Lipinski definition) is 4. The van der Waals surface area contributed by atoms with E-state index >= 15 is 0 Å². The van der Waals surface area contributed by atoms with E-state index in [4.69, 9.17) is 5.73 Å². The van der Waals surface area contributed by atoms with Gasteiger partial charge in [-0.25, -0.2) is 4.39 Å². The zero-order valence-electron chi connectivity index (χ0n) is 18.3. The summed E-state index contributed by atoms with van der Waals surface area (Å²) in [6.07, 6.45) is 6.61. The van der Waals surface area contributed by atoms with Crippen molar-refractivity contribution >= 4 is 17.5 Å². The summed E-state index contributed by atoms with van der Waals surface area (Å²) < 4.78 is 13.4. The van der Waals surface area contributed by atoms with Gasteiger partial charge in [0.2, 0.25) is 5.91 Å². The number of benzene rings is 2. The second-order valence-electron chi connectivity index (χ2n) is 8.42. The summed E-state index contributed by atoms with van der Waals surface area (Å²) in [4.78, 5) is 29.5. The molecule has 0 saturated heterocycles. The van der Waals surface area contributed by atoms with Crippen LogP contribution in [0.4, 0.5) is 10.1 Å². The molecule has 3 aromatic rings. The summed E-state index contributed by atoms with van der Waals surface area (Å²) in [5.74, 6) is -0.611. The number of hydrogen-bond donors (Lipinski definition) is 3. The number of nitrogens with zero attached hydrogens (tertiary/aromatic N) is 1. The Bertz CT molecular complexity index is 1100. The largest absolute Gasteiger partial charge is 0.353 e. The van der Waals surface area contributed by atoms with Crippen LogP contribution >= 0.6 is 0 Å². The van der Waals surface area contributed by atoms with Gasteiger partial charge in [0.05, 0.1) is 5.41 Å². The van der Waals surface area contributed by atoms with Crippen LogP contribution in [0.1, 0.15) is 53.2 Å². The van der Waals surface area contributed by atoms with E-state index < -0.39 is 11.5 Å². The van der Waals surface area contributed by atoms with Crippen molar-refractivity contribution in [2.24, 2.45) is 5.73 Å². The first-order valence-electron chi connectivity index (χ1n) is 11.1. The Morgan fingerprint density at radius 1 is 0.970 bits per heavy atom. The minimum absolute atomic E-state index is 0.0737. The second-order valence-corrected chi connectivity index (χ2v) is 8.42. The van der Waals surface area contributed by atoms with Crippen LogP contribution in [0, 0.1) is 5.82 Å². The molecule has 1 fully saturated rings. The van der Waals surface area contributed by atoms with Crippen molar-refractivity contribution in [2.75, 3.05) is 11.9 Å². The fourth-order valence-electron chi connectivity index (χ4n) is 4.40. The van der Waals surface area contributed by atoms with Crippen LogP contribution in [0.3, 0.4) is 0 Å². The molecule has 2 aromatic carbocycles. The highest BCUT2D eigenvalue weighted by Crippen LogP contribution is 2.41. The quantitative estimate of drug-likeness (QED) is 0.509. The Kier molecular flexibility index (Phi) is 6.79. The molecule has 7 heteroatoms. The van der Waals surface area contributed by atoms with Crippen molar-refractivity contribution < 1.29 is 14.0 Å². The molecule has 0 bridgehead atoms. The topological polar surface area (TPSA) is 97.1 Å². The van der Waals surface area contributed by atoms with Crippen molar-refractivity contribution in [3.63, 3.8) is 0 Å². The molecule has 0 radical (unpaired) electrons. The van der Waals surface area contributed by atoms with Crippen molar-refractivity contribution in [3.05, 3.63) is 95.6 Å². The van der Waals surface area contributed by atoms with Gasteiger partial charge in [-0.3, -0.25) is 14.6 Å². The number of amides is 2. The van der Waals surface area contributed by atoms with Gasteiger partial charge in [-0.15, -0.1) is 0 Å². The summed E-state index contributed by atoms with van der Waals surface area (Å²) in [5, 5.41) is 5.81. The molecule has 1 aliphatic carbocycles. The highest BCUT2D eigenvalue weighted by atomic mass is 19.1. The van der Waals surface area contributed by atoms with Gasteiger partial charge < -0.3 is 16.4 Å². The van der Waals surface area contributed by atoms with Gasteiger partial charge in [0, 0.05) is 36.2 Å². The molecule has 1 saturated carbocycles. The molecule has 0 spiro atoms. The van der Waals surface area contributed by atoms with E-state index in [1.807, 2.05) is 0 Å². The molecule has 170 valence electrons. The maximum atomic E-state index is 13.4. The van der Waals surface area contributed by atoms with E-state index in [0.717, 1.165) is 36.8 Å². The Morgan fingerprint density at radius 2 is 1.61 bits per heavy atom. The van der Waals surface area contributed by atoms with Crippen LogP contribution in [0.5, 0.6) is 0 Å². The first-order chi connectivity index (χ1) is 16.0. The van der Waals surface area contributed by atoms with Crippen LogP contribution in [-0.2, 0) is 10.2 Å². The summed E-state index contributed by atoms with van der Waals surface area (Å²) in [7, 11) is 0. The van der Waals surface area contributed by atoms with Gasteiger partial charge in [-0.05, 0) is 60.4 Å². The van der Waals surface area contributed by atoms with Gasteiger partial charge in [-0.2, -0.15) is 0 Å². The Hall–Kier alpha value is -3.58. The minimum Gasteiger partial charge on any atom is -0.353 e. The van der Waals surface area contributed by atoms with Gasteiger partial charge in [0.25, 0.3) is 5.91 Å². The van der Waals surface area contributed by atoms with E-state index in [1.54, 1.807) is 60.9 Å². The molecular weight excluding hydrogens is 419 g/mol. The van der Waals surface area contributed by atoms with Crippen LogP contribution in [0.2, 0.25) is 0 Å². The van der Waals surface area contributed by atoms with Crippen molar-refractivity contribution in [2.45, 2.75) is 37.1 Å². The van der Waals surface area contributed by atoms with Crippen LogP contribution in [0.15, 0.2) is 73.1 Å². The molecule has 6 nitrogen and oxygen atoms in total. The maximum Gasteiger partial charge on any atom is 0.255 e. The zero-order chi connectivity index (χ0) is 23.3. The Labute approximate surface area is 192 Å². The predicted octanol–water partition coefficient (Wildman–Crippen LogP) is 4.10. The molecule has 4 N–H and O–H groups in total. The van der Waals surface area contributed by atoms with Crippen LogP contribution < -0.4 is 16.4 Å². The van der Waals surface area contributed by atoms with E-state index in [-0.39, 0.29) is 24.2 Å². The third-order valence-corrected chi connectivity index (χ3v) is 6.31. The molecule has 33 heavy (non-hydrogen) atoms. The minimum atomic E-state index is -0.637. The number of aromatic nitrogens is 1. The number of carbonyl (C=O) groups is 2. The van der Waals surface area contributed by atoms with Crippen LogP contribution in [0.25, 0.3) is 0 Å². The third kappa shape index (κ3) is 5.09. The molecule has 2 amide bonds. The number of nitrogens with one attached hydrogen (secondary N) is 2. The lowest BCUT2D eigenvalue weighted by atomic mass is 9.78. The van der Waals surface area contributed by atoms with Gasteiger partial charge in [0.15, 0.2) is 0 Å². The Balaban J connectivity index is 1.37. The molecule has 0 unspecified atom stereocenters. The fraction of sp³-hybridized carbons (Fsp3) is 0.269. The number of carbonyl (C=O) groups excluding carboxylic acids is 2. The average Bonchev–Trinajstić information content (AvgIpc) is 3.35. The van der Waals surface area contributed by atoms with Crippen molar-refractivity contribution in [3.8, 4) is 0 Å². The third-order valence-electron chi connectivity index (χ3n) is 6.31. The summed E-state index contributed by atoms with van der Waals surface area (Å²) >= 11 is 0. The number of pyridine rings is 1. The molecule has 1 atom stereocenters. The number of halogens is 1. The summed E-state index contributed by atoms with van der Waals surface area (Å²) in [6.45, 7) is 0.268. The van der Waals surface area contributed by atoms with Gasteiger partial charge >= 0.3 is 0 Å². The smallest absolute Gasteiger partial charge is 0.255 e. The first-order valence-corrected chi connectivity index (χ1v) is 11.1. The van der Waals surface area contributed by atoms with E-state index in [2.05, 4.69) is 15.6 Å². The summed E-state index contributed by atoms with van der Waals surface area (Å²) in [5.41, 5.74) is 8.52. The highest BCUT2D eigenvalue weighted by Gasteiger charge is 2.42. The van der Waals surface area contributed by atoms with Gasteiger partial charge in [-0.1, -0.05) is 37.1 Å². The highest BCUT2D eigenvalue weighted by molar-refractivity contribution is 6.04. The van der Waals surface area contributed by atoms with E-state index in [1.165, 1.54) is 12.1 Å². The lowest BCUT2D eigenvalue weighted by Gasteiger charge is -2.29. The number of anilines is 1. The second kappa shape index (κ2) is 9.92. The maximum absolute atomic E-state index is 13.4. The Morgan fingerprint density at radius 3 is 2.24 bits per heavy atom. The standard InChI is InChI=1S/C26H27FN4O2/c27-21-9-7-20(8-10-21)26(13-1-2-14-26)25(33)30-17-23(28)18-3-5-19(6-4-18)24(32)31-22-11-15-29-16-12-22/h3-12,15-16,23H,1-2,13-14,17,28H2,(H,30,33)(H,29,31,32)/t23-/m1/s1. The lowest BCUT2D eigenvalue weighted by molar-refractivity contribution is -0.126. The molecule has 0 aliphatic heterocycles. The number of nitrogens with two attached hydrogens (primary N) is 1. The lowest BCUT2D eigenvalue weighted by Crippen LogP contribution is -2.44. The van der Waals surface area contributed by atoms with Crippen molar-refractivity contribution in [1.29, 1.82) is 0 Å². The van der Waals surface area contributed by atoms with E-state index in [0.29, 0.717) is 11.3 Å². The predicted molar refractivity (Wildman–Crippen MR) is 125 cm³/mol. The van der Waals surface area contributed by atoms with Gasteiger partial charge in [0.1, 0.15) is 5.82 Å². The monoisotopic (exact) mass is 446 g/mol. The molecular formula is C26H27FN4O2. The SMILES string of the molecule is N[C@H](CNC(=O)C1(c2ccc(F)cc2)CCCC1)c1ccc(C(=O)Nc2ccncc2)cc1. The van der Waals surface area contributed by atoms with Crippen molar-refractivity contribution in [1.82, 2.24) is 10.3 Å². The molecule has 4 rings (SSSR count). The average molecular weight is 447 g/mol. The summed E-state index contributed by atoms with van der Waals surface area (Å²) in [6, 6.07) is 16.2. The molecule has 1 aromatic heterocycles. The van der Waals surface area contributed by atoms with E-state index in [9.17, 15) is 14.0 Å². The molecule has 1 heterocycles. The molecule has 1 aliphatic rings. The zero-order valence-corrected chi connectivity index (χ0v) is 18.3. The van der Waals surface area contributed by atoms with Crippen LogP contribution in [-0.4, -0.2) is 23.3 Å².